The Kier molecular flexibility index (Phi) is 6.99. The SMILES string of the molecule is CCCNC(=O)N1CC2(CCN(CC3CCCC3)CC2)c2c(n(C)c3cc(OC)ccc23)[C@H]1CO. The summed E-state index contributed by atoms with van der Waals surface area (Å²) in [6.07, 6.45) is 8.48. The van der Waals surface area contributed by atoms with Crippen molar-refractivity contribution in [1.29, 1.82) is 0 Å². The van der Waals surface area contributed by atoms with Crippen LogP contribution in [0.15, 0.2) is 18.2 Å². The molecule has 5 rings (SSSR count). The lowest BCUT2D eigenvalue weighted by molar-refractivity contribution is 0.0628. The highest BCUT2D eigenvalue weighted by Gasteiger charge is 2.49. The lowest BCUT2D eigenvalue weighted by Crippen LogP contribution is -2.57. The fourth-order valence-corrected chi connectivity index (χ4v) is 7.03. The Morgan fingerprint density at radius 3 is 2.63 bits per heavy atom. The van der Waals surface area contributed by atoms with Gasteiger partial charge in [-0.3, -0.25) is 0 Å². The van der Waals surface area contributed by atoms with Gasteiger partial charge >= 0.3 is 6.03 Å². The van der Waals surface area contributed by atoms with E-state index in [2.05, 4.69) is 40.9 Å². The van der Waals surface area contributed by atoms with Gasteiger partial charge in [-0.15, -0.1) is 0 Å². The lowest BCUT2D eigenvalue weighted by atomic mass is 9.68. The van der Waals surface area contributed by atoms with Gasteiger partial charge in [0.2, 0.25) is 0 Å². The molecule has 0 radical (unpaired) electrons. The molecule has 0 unspecified atom stereocenters. The predicted molar refractivity (Wildman–Crippen MR) is 139 cm³/mol. The van der Waals surface area contributed by atoms with E-state index in [0.717, 1.165) is 55.2 Å². The summed E-state index contributed by atoms with van der Waals surface area (Å²) >= 11 is 0. The molecule has 1 aromatic carbocycles. The highest BCUT2D eigenvalue weighted by atomic mass is 16.5. The largest absolute Gasteiger partial charge is 0.497 e. The highest BCUT2D eigenvalue weighted by molar-refractivity contribution is 5.89. The normalized spacial score (nSPS) is 22.6. The van der Waals surface area contributed by atoms with Gasteiger partial charge in [-0.2, -0.15) is 0 Å². The molecule has 3 heterocycles. The number of nitrogens with one attached hydrogen (secondary N) is 1. The second kappa shape index (κ2) is 10.0. The molecular formula is C28H42N4O3. The number of fused-ring (bicyclic) bond motifs is 4. The van der Waals surface area contributed by atoms with Crippen LogP contribution >= 0.6 is 0 Å². The summed E-state index contributed by atoms with van der Waals surface area (Å²) in [7, 11) is 3.77. The predicted octanol–water partition coefficient (Wildman–Crippen LogP) is 4.18. The first-order chi connectivity index (χ1) is 17.0. The van der Waals surface area contributed by atoms with Gasteiger partial charge in [-0.25, -0.2) is 4.79 Å². The van der Waals surface area contributed by atoms with Crippen molar-refractivity contribution >= 4 is 16.9 Å². The van der Waals surface area contributed by atoms with E-state index in [1.165, 1.54) is 43.2 Å². The third kappa shape index (κ3) is 4.31. The maximum Gasteiger partial charge on any atom is 0.318 e. The van der Waals surface area contributed by atoms with Crippen LogP contribution < -0.4 is 10.1 Å². The summed E-state index contributed by atoms with van der Waals surface area (Å²) in [5.74, 6) is 1.68. The van der Waals surface area contributed by atoms with Crippen molar-refractivity contribution in [3.63, 3.8) is 0 Å². The number of hydrogen-bond acceptors (Lipinski definition) is 4. The van der Waals surface area contributed by atoms with Gasteiger partial charge in [0.25, 0.3) is 0 Å². The van der Waals surface area contributed by atoms with Gasteiger partial charge < -0.3 is 29.5 Å². The first-order valence-electron chi connectivity index (χ1n) is 13.6. The number of urea groups is 1. The summed E-state index contributed by atoms with van der Waals surface area (Å²) in [5.41, 5.74) is 3.43. The van der Waals surface area contributed by atoms with Crippen molar-refractivity contribution < 1.29 is 14.6 Å². The van der Waals surface area contributed by atoms with Crippen molar-refractivity contribution in [1.82, 2.24) is 19.7 Å². The number of benzene rings is 1. The number of amides is 2. The van der Waals surface area contributed by atoms with E-state index < -0.39 is 0 Å². The monoisotopic (exact) mass is 482 g/mol. The fraction of sp³-hybridized carbons (Fsp3) is 0.679. The molecule has 1 saturated heterocycles. The van der Waals surface area contributed by atoms with E-state index in [-0.39, 0.29) is 24.1 Å². The molecule has 1 spiro atoms. The average molecular weight is 483 g/mol. The minimum absolute atomic E-state index is 0.0628. The first-order valence-corrected chi connectivity index (χ1v) is 13.6. The molecule has 192 valence electrons. The highest BCUT2D eigenvalue weighted by Crippen LogP contribution is 2.50. The minimum atomic E-state index is -0.354. The summed E-state index contributed by atoms with van der Waals surface area (Å²) < 4.78 is 7.73. The number of aliphatic hydroxyl groups is 1. The molecule has 2 fully saturated rings. The van der Waals surface area contributed by atoms with Crippen LogP contribution in [0.4, 0.5) is 4.79 Å². The topological polar surface area (TPSA) is 70.0 Å². The Hall–Kier alpha value is -2.25. The average Bonchev–Trinajstić information content (AvgIpc) is 3.50. The Morgan fingerprint density at radius 2 is 1.97 bits per heavy atom. The number of aryl methyl sites for hydroxylation is 1. The van der Waals surface area contributed by atoms with Gasteiger partial charge in [0.1, 0.15) is 5.75 Å². The molecule has 35 heavy (non-hydrogen) atoms. The quantitative estimate of drug-likeness (QED) is 0.648. The standard InChI is InChI=1S/C28H42N4O3/c1-4-13-29-27(34)32-19-28(11-14-31(15-12-28)17-20-7-5-6-8-20)25-22-10-9-21(35-3)16-23(22)30(2)26(25)24(32)18-33/h9-10,16,20,24,33H,4-8,11-15,17-19H2,1-3H3,(H,29,34)/t24-/m1/s1. The maximum absolute atomic E-state index is 13.3. The maximum atomic E-state index is 13.3. The number of hydrogen-bond donors (Lipinski definition) is 2. The lowest BCUT2D eigenvalue weighted by Gasteiger charge is -2.50. The number of methoxy groups -OCH3 is 1. The van der Waals surface area contributed by atoms with Gasteiger partial charge in [-0.1, -0.05) is 19.8 Å². The molecule has 3 aliphatic rings. The van der Waals surface area contributed by atoms with E-state index in [9.17, 15) is 9.90 Å². The molecule has 7 nitrogen and oxygen atoms in total. The van der Waals surface area contributed by atoms with Crippen LogP contribution in [0.3, 0.4) is 0 Å². The fourth-order valence-electron chi connectivity index (χ4n) is 7.03. The molecular weight excluding hydrogens is 440 g/mol. The molecule has 0 bridgehead atoms. The van der Waals surface area contributed by atoms with E-state index in [1.807, 2.05) is 11.0 Å². The Morgan fingerprint density at radius 1 is 1.23 bits per heavy atom. The molecule has 2 aromatic rings. The van der Waals surface area contributed by atoms with Crippen molar-refractivity contribution in [2.45, 2.75) is 63.3 Å². The van der Waals surface area contributed by atoms with E-state index in [0.29, 0.717) is 13.1 Å². The smallest absolute Gasteiger partial charge is 0.318 e. The van der Waals surface area contributed by atoms with Crippen LogP contribution in [-0.2, 0) is 12.5 Å². The zero-order valence-electron chi connectivity index (χ0n) is 21.7. The third-order valence-corrected chi connectivity index (χ3v) is 8.91. The Balaban J connectivity index is 1.55. The summed E-state index contributed by atoms with van der Waals surface area (Å²) in [6.45, 7) is 6.63. The number of carbonyl (C=O) groups excluding carboxylic acids is 1. The van der Waals surface area contributed by atoms with Crippen LogP contribution in [0.1, 0.15) is 69.2 Å². The summed E-state index contributed by atoms with van der Waals surface area (Å²) in [4.78, 5) is 17.9. The van der Waals surface area contributed by atoms with E-state index in [4.69, 9.17) is 4.74 Å². The van der Waals surface area contributed by atoms with Gasteiger partial charge in [0.15, 0.2) is 0 Å². The first kappa shape index (κ1) is 24.4. The molecule has 1 aliphatic carbocycles. The van der Waals surface area contributed by atoms with Crippen molar-refractivity contribution in [2.24, 2.45) is 13.0 Å². The van der Waals surface area contributed by atoms with Gasteiger partial charge in [-0.05, 0) is 68.8 Å². The number of nitrogens with zero attached hydrogens (tertiary/aromatic N) is 3. The van der Waals surface area contributed by atoms with E-state index >= 15 is 0 Å². The number of carbonyl (C=O) groups is 1. The number of aliphatic hydroxyl groups excluding tert-OH is 1. The number of likely N-dealkylation sites (tertiary alicyclic amines) is 1. The molecule has 2 amide bonds. The summed E-state index contributed by atoms with van der Waals surface area (Å²) in [5, 5.41) is 14.9. The Labute approximate surface area is 209 Å². The molecule has 1 aromatic heterocycles. The van der Waals surface area contributed by atoms with Crippen molar-refractivity contribution in [3.05, 3.63) is 29.5 Å². The van der Waals surface area contributed by atoms with Gasteiger partial charge in [0, 0.05) is 49.2 Å². The van der Waals surface area contributed by atoms with Crippen LogP contribution in [0.5, 0.6) is 5.75 Å². The van der Waals surface area contributed by atoms with Crippen LogP contribution in [0.25, 0.3) is 10.9 Å². The number of piperidine rings is 1. The molecule has 2 aliphatic heterocycles. The van der Waals surface area contributed by atoms with Crippen LogP contribution in [0.2, 0.25) is 0 Å². The number of aromatic nitrogens is 1. The minimum Gasteiger partial charge on any atom is -0.497 e. The molecule has 7 heteroatoms. The zero-order chi connectivity index (χ0) is 24.6. The van der Waals surface area contributed by atoms with Crippen LogP contribution in [0, 0.1) is 5.92 Å². The summed E-state index contributed by atoms with van der Waals surface area (Å²) in [6, 6.07) is 5.90. The van der Waals surface area contributed by atoms with E-state index in [1.54, 1.807) is 7.11 Å². The van der Waals surface area contributed by atoms with Crippen molar-refractivity contribution in [2.75, 3.05) is 46.4 Å². The van der Waals surface area contributed by atoms with Crippen LogP contribution in [-0.4, -0.2) is 71.9 Å². The molecule has 1 atom stereocenters. The van der Waals surface area contributed by atoms with Gasteiger partial charge in [0.05, 0.1) is 25.3 Å². The number of ether oxygens (including phenoxy) is 1. The Bertz CT molecular complexity index is 1050. The van der Waals surface area contributed by atoms with Crippen molar-refractivity contribution in [3.8, 4) is 5.75 Å². The zero-order valence-corrected chi connectivity index (χ0v) is 21.7. The second-order valence-electron chi connectivity index (χ2n) is 11.0. The second-order valence-corrected chi connectivity index (χ2v) is 11.0. The molecule has 1 saturated carbocycles. The molecule has 2 N–H and O–H groups in total. The number of rotatable bonds is 6. The third-order valence-electron chi connectivity index (χ3n) is 8.91.